The fourth-order valence-electron chi connectivity index (χ4n) is 3.32. The highest BCUT2D eigenvalue weighted by molar-refractivity contribution is 5.99. The van der Waals surface area contributed by atoms with Gasteiger partial charge in [-0.2, -0.15) is 0 Å². The topological polar surface area (TPSA) is 52.8 Å². The molecule has 2 aromatic rings. The van der Waals surface area contributed by atoms with Crippen molar-refractivity contribution in [1.29, 1.82) is 0 Å². The summed E-state index contributed by atoms with van der Waals surface area (Å²) in [5.74, 6) is 0.0453. The molecule has 0 spiro atoms. The molecule has 0 aliphatic carbocycles. The summed E-state index contributed by atoms with van der Waals surface area (Å²) in [6.45, 7) is 6.36. The minimum Gasteiger partial charge on any atom is -0.398 e. The number of likely N-dealkylation sites (N-methyl/N-ethyl adjacent to an activating group) is 1. The number of anilines is 1. The van der Waals surface area contributed by atoms with Crippen molar-refractivity contribution in [2.45, 2.75) is 6.54 Å². The number of hydrogen-bond donors (Lipinski definition) is 1. The summed E-state index contributed by atoms with van der Waals surface area (Å²) < 4.78 is 0. The molecule has 0 bridgehead atoms. The Hall–Kier alpha value is -1.79. The minimum absolute atomic E-state index is 0. The summed E-state index contributed by atoms with van der Waals surface area (Å²) in [4.78, 5) is 19.3. The molecule has 5 nitrogen and oxygen atoms in total. The largest absolute Gasteiger partial charge is 0.398 e. The van der Waals surface area contributed by atoms with E-state index in [2.05, 4.69) is 41.1 Å². The summed E-state index contributed by atoms with van der Waals surface area (Å²) in [6, 6.07) is 17.9. The van der Waals surface area contributed by atoms with Crippen molar-refractivity contribution in [2.24, 2.45) is 0 Å². The molecule has 1 saturated heterocycles. The second-order valence-electron chi connectivity index (χ2n) is 6.94. The first-order valence-corrected chi connectivity index (χ1v) is 9.22. The molecule has 154 valence electrons. The molecule has 3 rings (SSSR count). The summed E-state index contributed by atoms with van der Waals surface area (Å²) in [5.41, 5.74) is 8.45. The Balaban J connectivity index is 0.00000196. The van der Waals surface area contributed by atoms with Gasteiger partial charge in [0.2, 0.25) is 0 Å². The van der Waals surface area contributed by atoms with Gasteiger partial charge in [0.25, 0.3) is 5.91 Å². The Kier molecular flexibility index (Phi) is 10.3. The number of hydrogen-bond acceptors (Lipinski definition) is 4. The van der Waals surface area contributed by atoms with Crippen LogP contribution in [0.2, 0.25) is 0 Å². The first-order chi connectivity index (χ1) is 12.6. The molecule has 28 heavy (non-hydrogen) atoms. The number of nitrogens with two attached hydrogens (primary N) is 1. The smallest absolute Gasteiger partial charge is 0.256 e. The molecule has 0 radical (unpaired) electrons. The Morgan fingerprint density at radius 2 is 1.57 bits per heavy atom. The van der Waals surface area contributed by atoms with Crippen molar-refractivity contribution in [2.75, 3.05) is 52.0 Å². The van der Waals surface area contributed by atoms with Crippen LogP contribution in [0.25, 0.3) is 0 Å². The quantitative estimate of drug-likeness (QED) is 0.723. The highest BCUT2D eigenvalue weighted by atomic mass is 35.5. The van der Waals surface area contributed by atoms with Crippen LogP contribution in [0, 0.1) is 0 Å². The number of carbonyl (C=O) groups excluding carboxylic acids is 1. The van der Waals surface area contributed by atoms with Gasteiger partial charge in [0.1, 0.15) is 0 Å². The first kappa shape index (κ1) is 24.2. The van der Waals surface area contributed by atoms with Crippen molar-refractivity contribution in [3.05, 3.63) is 65.7 Å². The molecule has 1 fully saturated rings. The van der Waals surface area contributed by atoms with E-state index in [0.29, 0.717) is 11.3 Å². The van der Waals surface area contributed by atoms with E-state index in [4.69, 9.17) is 5.73 Å². The zero-order valence-electron chi connectivity index (χ0n) is 16.3. The van der Waals surface area contributed by atoms with Gasteiger partial charge in [-0.1, -0.05) is 42.5 Å². The molecular weight excluding hydrogens is 395 g/mol. The number of amides is 1. The van der Waals surface area contributed by atoms with E-state index in [1.807, 2.05) is 29.2 Å². The van der Waals surface area contributed by atoms with Crippen LogP contribution in [-0.4, -0.2) is 66.9 Å². The molecule has 7 heteroatoms. The lowest BCUT2D eigenvalue weighted by Gasteiger charge is -2.35. The third kappa shape index (κ3) is 6.67. The fourth-order valence-corrected chi connectivity index (χ4v) is 3.32. The van der Waals surface area contributed by atoms with Gasteiger partial charge in [-0.05, 0) is 24.7 Å². The van der Waals surface area contributed by atoms with Crippen LogP contribution in [0.5, 0.6) is 0 Å². The highest BCUT2D eigenvalue weighted by Crippen LogP contribution is 2.15. The van der Waals surface area contributed by atoms with E-state index >= 15 is 0 Å². The number of nitrogen functional groups attached to an aromatic ring is 1. The molecule has 1 aliphatic rings. The molecule has 0 unspecified atom stereocenters. The molecule has 1 aliphatic heterocycles. The predicted octanol–water partition coefficient (Wildman–Crippen LogP) is 3.00. The Morgan fingerprint density at radius 1 is 0.964 bits per heavy atom. The fraction of sp³-hybridized carbons (Fsp3) is 0.381. The number of nitrogens with zero attached hydrogens (tertiary/aromatic N) is 3. The van der Waals surface area contributed by atoms with Crippen LogP contribution < -0.4 is 5.73 Å². The molecule has 2 aromatic carbocycles. The molecule has 0 atom stereocenters. The molecule has 2 N–H and O–H groups in total. The van der Waals surface area contributed by atoms with Crippen molar-refractivity contribution in [3.8, 4) is 0 Å². The SMILES string of the molecule is CN(CCN1CCN(C(=O)c2ccccc2N)CC1)Cc1ccccc1.Cl.Cl. The lowest BCUT2D eigenvalue weighted by atomic mass is 10.1. The van der Waals surface area contributed by atoms with Crippen molar-refractivity contribution < 1.29 is 4.79 Å². The van der Waals surface area contributed by atoms with Crippen LogP contribution in [0.1, 0.15) is 15.9 Å². The highest BCUT2D eigenvalue weighted by Gasteiger charge is 2.23. The number of carbonyl (C=O) groups is 1. The normalized spacial score (nSPS) is 14.3. The molecule has 1 heterocycles. The van der Waals surface area contributed by atoms with Crippen molar-refractivity contribution in [1.82, 2.24) is 14.7 Å². The summed E-state index contributed by atoms with van der Waals surface area (Å²) in [5, 5.41) is 0. The zero-order chi connectivity index (χ0) is 18.4. The Morgan fingerprint density at radius 3 is 2.21 bits per heavy atom. The van der Waals surface area contributed by atoms with Crippen LogP contribution in [0.3, 0.4) is 0 Å². The summed E-state index contributed by atoms with van der Waals surface area (Å²) in [7, 11) is 2.16. The Bertz CT molecular complexity index is 721. The van der Waals surface area contributed by atoms with E-state index in [9.17, 15) is 4.79 Å². The van der Waals surface area contributed by atoms with E-state index in [0.717, 1.165) is 45.8 Å². The Labute approximate surface area is 180 Å². The number of para-hydroxylation sites is 1. The maximum absolute atomic E-state index is 12.6. The van der Waals surface area contributed by atoms with Gasteiger partial charge < -0.3 is 15.5 Å². The van der Waals surface area contributed by atoms with Crippen LogP contribution in [-0.2, 0) is 6.54 Å². The molecule has 0 aromatic heterocycles. The van der Waals surface area contributed by atoms with Gasteiger partial charge in [0.15, 0.2) is 0 Å². The number of halogens is 2. The van der Waals surface area contributed by atoms with E-state index in [1.54, 1.807) is 6.07 Å². The lowest BCUT2D eigenvalue weighted by molar-refractivity contribution is 0.0627. The second-order valence-corrected chi connectivity index (χ2v) is 6.94. The third-order valence-corrected chi connectivity index (χ3v) is 4.94. The van der Waals surface area contributed by atoms with E-state index in [-0.39, 0.29) is 30.7 Å². The zero-order valence-corrected chi connectivity index (χ0v) is 17.9. The maximum Gasteiger partial charge on any atom is 0.256 e. The average Bonchev–Trinajstić information content (AvgIpc) is 2.67. The first-order valence-electron chi connectivity index (χ1n) is 9.22. The van der Waals surface area contributed by atoms with Crippen LogP contribution in [0.15, 0.2) is 54.6 Å². The average molecular weight is 425 g/mol. The van der Waals surface area contributed by atoms with Crippen molar-refractivity contribution >= 4 is 36.4 Å². The summed E-state index contributed by atoms with van der Waals surface area (Å²) >= 11 is 0. The monoisotopic (exact) mass is 424 g/mol. The van der Waals surface area contributed by atoms with Gasteiger partial charge >= 0.3 is 0 Å². The van der Waals surface area contributed by atoms with Crippen molar-refractivity contribution in [3.63, 3.8) is 0 Å². The van der Waals surface area contributed by atoms with Crippen LogP contribution >= 0.6 is 24.8 Å². The van der Waals surface area contributed by atoms with Gasteiger partial charge in [-0.15, -0.1) is 24.8 Å². The van der Waals surface area contributed by atoms with Gasteiger partial charge in [0.05, 0.1) is 5.56 Å². The lowest BCUT2D eigenvalue weighted by Crippen LogP contribution is -2.50. The molecular formula is C21H30Cl2N4O. The number of rotatable bonds is 6. The summed E-state index contributed by atoms with van der Waals surface area (Å²) in [6.07, 6.45) is 0. The van der Waals surface area contributed by atoms with Gasteiger partial charge in [-0.3, -0.25) is 9.69 Å². The maximum atomic E-state index is 12.6. The standard InChI is InChI=1S/C21H28N4O.2ClH/c1-23(17-18-7-3-2-4-8-18)11-12-24-13-15-25(16-14-24)21(26)19-9-5-6-10-20(19)22;;/h2-10H,11-17,22H2,1H3;2*1H. The van der Waals surface area contributed by atoms with Crippen LogP contribution in [0.4, 0.5) is 5.69 Å². The molecule has 1 amide bonds. The number of piperazine rings is 1. The minimum atomic E-state index is 0. The van der Waals surface area contributed by atoms with E-state index in [1.165, 1.54) is 5.56 Å². The molecule has 0 saturated carbocycles. The second kappa shape index (κ2) is 11.9. The van der Waals surface area contributed by atoms with Gasteiger partial charge in [0, 0.05) is 51.5 Å². The predicted molar refractivity (Wildman–Crippen MR) is 120 cm³/mol. The van der Waals surface area contributed by atoms with Gasteiger partial charge in [-0.25, -0.2) is 0 Å². The van der Waals surface area contributed by atoms with E-state index < -0.39 is 0 Å². The number of benzene rings is 2. The third-order valence-electron chi connectivity index (χ3n) is 4.94.